The number of aromatic nitrogens is 2. The molecule has 0 aliphatic carbocycles. The normalized spacial score (nSPS) is 38.0. The first kappa shape index (κ1) is 15.5. The fourth-order valence-corrected chi connectivity index (χ4v) is 3.88. The van der Waals surface area contributed by atoms with Crippen LogP contribution in [0, 0.1) is 0 Å². The lowest BCUT2D eigenvalue weighted by Gasteiger charge is -2.20. The van der Waals surface area contributed by atoms with Crippen molar-refractivity contribution in [1.82, 2.24) is 9.55 Å². The van der Waals surface area contributed by atoms with Crippen molar-refractivity contribution in [3.63, 3.8) is 0 Å². The Bertz CT molecular complexity index is 771. The molecule has 0 amide bonds. The zero-order valence-electron chi connectivity index (χ0n) is 11.0. The first-order valence-corrected chi connectivity index (χ1v) is 8.54. The van der Waals surface area contributed by atoms with Crippen molar-refractivity contribution in [2.24, 2.45) is 0 Å². The van der Waals surface area contributed by atoms with Crippen molar-refractivity contribution < 1.29 is 38.2 Å². The molecule has 0 aromatic carbocycles. The average Bonchev–Trinajstić information content (AvgIpc) is 2.81. The van der Waals surface area contributed by atoms with E-state index < -0.39 is 44.7 Å². The number of halogens is 1. The molecule has 2 unspecified atom stereocenters. The van der Waals surface area contributed by atoms with Crippen LogP contribution >= 0.6 is 23.8 Å². The van der Waals surface area contributed by atoms with Gasteiger partial charge in [-0.25, -0.2) is 24.3 Å². The molecule has 1 saturated heterocycles. The van der Waals surface area contributed by atoms with Gasteiger partial charge in [0.05, 0.1) is 6.61 Å². The van der Waals surface area contributed by atoms with Gasteiger partial charge in [-0.2, -0.15) is 9.61 Å². The van der Waals surface area contributed by atoms with Crippen LogP contribution in [0.1, 0.15) is 6.23 Å². The number of ether oxygens (including phenoxy) is 1. The van der Waals surface area contributed by atoms with Gasteiger partial charge in [-0.1, -0.05) is 0 Å². The molecule has 1 fully saturated rings. The maximum absolute atomic E-state index is 12.5. The van der Waals surface area contributed by atoms with Crippen LogP contribution in [0.3, 0.4) is 0 Å². The second kappa shape index (κ2) is 5.22. The predicted molar refractivity (Wildman–Crippen MR) is 72.1 cm³/mol. The summed E-state index contributed by atoms with van der Waals surface area (Å²) < 4.78 is 33.4. The summed E-state index contributed by atoms with van der Waals surface area (Å²) >= 11 is 3.13. The standard InChI is InChI=1S/C9H9BrN3O9P/c10-3-6-11-9(16)13-7(3)20-23(17,21-12-6)22-19-5-2(1-14)18-8(13)4(5)15/h2,4-5,8,14-15H,1H2,(H,11,12,16)/t2-,4-,5-,8?,23?/m1/s1. The molecule has 0 radical (unpaired) electrons. The van der Waals surface area contributed by atoms with Gasteiger partial charge >= 0.3 is 13.5 Å². The summed E-state index contributed by atoms with van der Waals surface area (Å²) in [5, 5.41) is 19.6. The number of anilines is 1. The van der Waals surface area contributed by atoms with Crippen LogP contribution in [0.25, 0.3) is 0 Å². The maximum Gasteiger partial charge on any atom is 0.581 e. The molecule has 4 heterocycles. The van der Waals surface area contributed by atoms with E-state index in [1.54, 1.807) is 0 Å². The fourth-order valence-electron chi connectivity index (χ4n) is 2.42. The van der Waals surface area contributed by atoms with Gasteiger partial charge < -0.3 is 19.5 Å². The lowest BCUT2D eigenvalue weighted by molar-refractivity contribution is -0.280. The molecule has 0 spiro atoms. The van der Waals surface area contributed by atoms with E-state index in [0.29, 0.717) is 0 Å². The Morgan fingerprint density at radius 1 is 1.48 bits per heavy atom. The molecule has 3 aliphatic heterocycles. The second-order valence-electron chi connectivity index (χ2n) is 4.84. The van der Waals surface area contributed by atoms with Crippen molar-refractivity contribution in [1.29, 1.82) is 0 Å². The Labute approximate surface area is 135 Å². The number of aliphatic hydroxyl groups excluding tert-OH is 2. The van der Waals surface area contributed by atoms with Gasteiger partial charge in [-0.3, -0.25) is 0 Å². The molecule has 23 heavy (non-hydrogen) atoms. The molecule has 0 saturated carbocycles. The molecule has 4 rings (SSSR count). The Hall–Kier alpha value is -1.05. The highest BCUT2D eigenvalue weighted by Crippen LogP contribution is 2.56. The minimum absolute atomic E-state index is 0.0973. The molecule has 1 aromatic rings. The smallest absolute Gasteiger partial charge is 0.394 e. The van der Waals surface area contributed by atoms with Crippen molar-refractivity contribution in [3.05, 3.63) is 15.0 Å². The Morgan fingerprint density at radius 3 is 3.00 bits per heavy atom. The highest BCUT2D eigenvalue weighted by atomic mass is 79.9. The van der Waals surface area contributed by atoms with E-state index in [1.165, 1.54) is 0 Å². The topological polar surface area (TPSA) is 151 Å². The number of fused-ring (bicyclic) bond motifs is 5. The SMILES string of the molecule is O=c1nc2c(Br)c3n1C1O[C@H](CO)[C@@H](OOP(=O)(ON2)O3)[C@H]1O. The summed E-state index contributed by atoms with van der Waals surface area (Å²) in [4.78, 5) is 20.8. The minimum Gasteiger partial charge on any atom is -0.394 e. The van der Waals surface area contributed by atoms with Crippen LogP contribution in [-0.4, -0.2) is 44.7 Å². The van der Waals surface area contributed by atoms with Crippen LogP contribution in [0.5, 0.6) is 5.88 Å². The fraction of sp³-hybridized carbons (Fsp3) is 0.556. The minimum atomic E-state index is -4.34. The van der Waals surface area contributed by atoms with Crippen LogP contribution in [0.2, 0.25) is 0 Å². The Balaban J connectivity index is 1.97. The van der Waals surface area contributed by atoms with Gasteiger partial charge in [0, 0.05) is 0 Å². The summed E-state index contributed by atoms with van der Waals surface area (Å²) in [5.41, 5.74) is 1.31. The second-order valence-corrected chi connectivity index (χ2v) is 7.04. The lowest BCUT2D eigenvalue weighted by Crippen LogP contribution is -2.37. The highest BCUT2D eigenvalue weighted by Gasteiger charge is 2.52. The maximum atomic E-state index is 12.5. The molecular weight excluding hydrogens is 405 g/mol. The molecule has 5 bridgehead atoms. The monoisotopic (exact) mass is 413 g/mol. The van der Waals surface area contributed by atoms with E-state index in [4.69, 9.17) is 23.4 Å². The molecule has 1 aromatic heterocycles. The molecule has 3 aliphatic rings. The predicted octanol–water partition coefficient (Wildman–Crippen LogP) is -0.569. The number of nitrogens with zero attached hydrogens (tertiary/aromatic N) is 2. The van der Waals surface area contributed by atoms with Gasteiger partial charge in [0.1, 0.15) is 16.7 Å². The third-order valence-electron chi connectivity index (χ3n) is 3.47. The number of hydrogen-bond acceptors (Lipinski definition) is 11. The van der Waals surface area contributed by atoms with E-state index in [-0.39, 0.29) is 16.2 Å². The largest absolute Gasteiger partial charge is 0.581 e. The van der Waals surface area contributed by atoms with E-state index in [2.05, 4.69) is 26.4 Å². The van der Waals surface area contributed by atoms with Gasteiger partial charge in [0.25, 0.3) is 0 Å². The zero-order valence-corrected chi connectivity index (χ0v) is 13.5. The quantitative estimate of drug-likeness (QED) is 0.400. The van der Waals surface area contributed by atoms with Gasteiger partial charge in [-0.15, -0.1) is 4.67 Å². The van der Waals surface area contributed by atoms with E-state index in [9.17, 15) is 19.6 Å². The highest BCUT2D eigenvalue weighted by molar-refractivity contribution is 9.10. The van der Waals surface area contributed by atoms with Crippen molar-refractivity contribution in [2.75, 3.05) is 12.1 Å². The van der Waals surface area contributed by atoms with Crippen molar-refractivity contribution in [2.45, 2.75) is 24.5 Å². The van der Waals surface area contributed by atoms with Crippen LogP contribution in [0.15, 0.2) is 9.27 Å². The molecule has 126 valence electrons. The lowest BCUT2D eigenvalue weighted by atomic mass is 10.1. The number of rotatable bonds is 1. The summed E-state index contributed by atoms with van der Waals surface area (Å²) in [6, 6.07) is 0. The Morgan fingerprint density at radius 2 is 2.26 bits per heavy atom. The summed E-state index contributed by atoms with van der Waals surface area (Å²) in [7, 11) is -4.34. The van der Waals surface area contributed by atoms with E-state index >= 15 is 0 Å². The summed E-state index contributed by atoms with van der Waals surface area (Å²) in [6.07, 6.45) is -4.99. The first-order chi connectivity index (χ1) is 10.9. The van der Waals surface area contributed by atoms with Crippen LogP contribution in [0.4, 0.5) is 5.82 Å². The zero-order chi connectivity index (χ0) is 16.4. The van der Waals surface area contributed by atoms with Crippen LogP contribution in [-0.2, 0) is 23.5 Å². The molecule has 5 atom stereocenters. The number of aliphatic hydroxyl groups is 2. The van der Waals surface area contributed by atoms with Gasteiger partial charge in [0.15, 0.2) is 18.1 Å². The molecule has 14 heteroatoms. The summed E-state index contributed by atoms with van der Waals surface area (Å²) in [5.74, 6) is -0.397. The number of nitrogens with one attached hydrogen (secondary N) is 1. The van der Waals surface area contributed by atoms with Crippen molar-refractivity contribution >= 4 is 29.6 Å². The number of phosphoric acid groups is 1. The van der Waals surface area contributed by atoms with Crippen LogP contribution < -0.4 is 15.7 Å². The van der Waals surface area contributed by atoms with E-state index in [0.717, 1.165) is 4.57 Å². The van der Waals surface area contributed by atoms with E-state index in [1.807, 2.05) is 0 Å². The Kier molecular flexibility index (Phi) is 3.52. The van der Waals surface area contributed by atoms with Crippen molar-refractivity contribution in [3.8, 4) is 5.88 Å². The molecule has 3 N–H and O–H groups in total. The molecule has 12 nitrogen and oxygen atoms in total. The first-order valence-electron chi connectivity index (χ1n) is 6.29. The average molecular weight is 414 g/mol. The van der Waals surface area contributed by atoms with Gasteiger partial charge in [0.2, 0.25) is 5.88 Å². The summed E-state index contributed by atoms with van der Waals surface area (Å²) in [6.45, 7) is -0.539. The number of hydrogen-bond donors (Lipinski definition) is 3. The van der Waals surface area contributed by atoms with Gasteiger partial charge in [-0.05, 0) is 15.9 Å². The third kappa shape index (κ3) is 2.24. The molecular formula is C9H9BrN3O9P. The third-order valence-corrected chi connectivity index (χ3v) is 5.16.